The quantitative estimate of drug-likeness (QED) is 0.784. The first-order valence-electron chi connectivity index (χ1n) is 4.08. The van der Waals surface area contributed by atoms with Gasteiger partial charge in [0.25, 0.3) is 0 Å². The third-order valence-electron chi connectivity index (χ3n) is 1.93. The maximum Gasteiger partial charge on any atom is 0.160 e. The van der Waals surface area contributed by atoms with Gasteiger partial charge in [-0.25, -0.2) is 0 Å². The van der Waals surface area contributed by atoms with E-state index in [0.29, 0.717) is 21.9 Å². The molecule has 0 heterocycles. The number of Topliss-reactive ketones (excluding diaryl/α,β-unsaturated/α-hetero) is 1. The highest BCUT2D eigenvalue weighted by Gasteiger charge is 2.13. The summed E-state index contributed by atoms with van der Waals surface area (Å²) in [6, 6.07) is 3.09. The molecule has 1 aromatic rings. The van der Waals surface area contributed by atoms with E-state index < -0.39 is 0 Å². The van der Waals surface area contributed by atoms with Gasteiger partial charge in [0, 0.05) is 16.1 Å². The van der Waals surface area contributed by atoms with Gasteiger partial charge in [-0.05, 0) is 19.1 Å². The van der Waals surface area contributed by atoms with E-state index in [4.69, 9.17) is 21.4 Å². The largest absolute Gasteiger partial charge is 0.496 e. The smallest absolute Gasteiger partial charge is 0.160 e. The third kappa shape index (κ3) is 2.05. The van der Waals surface area contributed by atoms with Crippen LogP contribution in [0, 0.1) is 0 Å². The molecule has 1 rings (SSSR count). The molecular weight excluding hydrogens is 204 g/mol. The summed E-state index contributed by atoms with van der Waals surface area (Å²) < 4.78 is 5.01. The van der Waals surface area contributed by atoms with E-state index >= 15 is 0 Å². The van der Waals surface area contributed by atoms with Crippen LogP contribution >= 0.6 is 11.6 Å². The van der Waals surface area contributed by atoms with Crippen LogP contribution in [-0.4, -0.2) is 18.0 Å². The van der Waals surface area contributed by atoms with Gasteiger partial charge in [0.05, 0.1) is 13.7 Å². The molecule has 0 saturated heterocycles. The van der Waals surface area contributed by atoms with Crippen LogP contribution in [0.5, 0.6) is 5.75 Å². The van der Waals surface area contributed by atoms with E-state index in [9.17, 15) is 4.79 Å². The number of benzene rings is 1. The molecule has 1 aromatic carbocycles. The number of carbonyl (C=O) groups is 1. The summed E-state index contributed by atoms with van der Waals surface area (Å²) in [6.45, 7) is 1.18. The van der Waals surface area contributed by atoms with Gasteiger partial charge < -0.3 is 9.84 Å². The zero-order valence-electron chi connectivity index (χ0n) is 8.00. The number of aliphatic hydroxyl groups is 1. The molecule has 1 N–H and O–H groups in total. The van der Waals surface area contributed by atoms with E-state index in [0.717, 1.165) is 0 Å². The standard InChI is InChI=1S/C10H11ClO3/c1-6(13)8-3-7(11)4-10(14-2)9(8)5-12/h3-4,12H,5H2,1-2H3. The zero-order valence-corrected chi connectivity index (χ0v) is 8.76. The predicted octanol–water partition coefficient (Wildman–Crippen LogP) is 2.04. The minimum atomic E-state index is -0.241. The number of methoxy groups -OCH3 is 1. The Morgan fingerprint density at radius 2 is 2.21 bits per heavy atom. The minimum absolute atomic E-state index is 0.144. The lowest BCUT2D eigenvalue weighted by Crippen LogP contribution is -2.02. The number of ketones is 1. The Morgan fingerprint density at radius 3 is 2.64 bits per heavy atom. The summed E-state index contributed by atoms with van der Waals surface area (Å²) >= 11 is 5.79. The molecule has 0 spiro atoms. The molecule has 0 aliphatic heterocycles. The van der Waals surface area contributed by atoms with Crippen LogP contribution in [0.15, 0.2) is 12.1 Å². The highest BCUT2D eigenvalue weighted by molar-refractivity contribution is 6.31. The molecule has 0 fully saturated rings. The fourth-order valence-corrected chi connectivity index (χ4v) is 1.48. The Kier molecular flexibility index (Phi) is 3.49. The van der Waals surface area contributed by atoms with Crippen molar-refractivity contribution >= 4 is 17.4 Å². The highest BCUT2D eigenvalue weighted by atomic mass is 35.5. The van der Waals surface area contributed by atoms with Gasteiger partial charge in [0.1, 0.15) is 5.75 Å². The highest BCUT2D eigenvalue weighted by Crippen LogP contribution is 2.27. The molecular formula is C10H11ClO3. The lowest BCUT2D eigenvalue weighted by Gasteiger charge is -2.10. The minimum Gasteiger partial charge on any atom is -0.496 e. The summed E-state index contributed by atoms with van der Waals surface area (Å²) in [6.07, 6.45) is 0. The van der Waals surface area contributed by atoms with Crippen LogP contribution < -0.4 is 4.74 Å². The molecule has 0 aromatic heterocycles. The van der Waals surface area contributed by atoms with Crippen LogP contribution in [-0.2, 0) is 6.61 Å². The lowest BCUT2D eigenvalue weighted by molar-refractivity contribution is 0.101. The van der Waals surface area contributed by atoms with Crippen LogP contribution in [0.25, 0.3) is 0 Å². The van der Waals surface area contributed by atoms with Crippen LogP contribution in [0.2, 0.25) is 5.02 Å². The number of aliphatic hydroxyl groups excluding tert-OH is 1. The zero-order chi connectivity index (χ0) is 10.7. The predicted molar refractivity (Wildman–Crippen MR) is 53.9 cm³/mol. The first kappa shape index (κ1) is 11.0. The number of ether oxygens (including phenoxy) is 1. The second-order valence-electron chi connectivity index (χ2n) is 2.85. The number of carbonyl (C=O) groups excluding carboxylic acids is 1. The Morgan fingerprint density at radius 1 is 1.57 bits per heavy atom. The molecule has 0 atom stereocenters. The van der Waals surface area contributed by atoms with E-state index in [1.165, 1.54) is 20.1 Å². The first-order chi connectivity index (χ1) is 6.60. The van der Waals surface area contributed by atoms with Gasteiger partial charge in [0.2, 0.25) is 0 Å². The molecule has 0 saturated carbocycles. The third-order valence-corrected chi connectivity index (χ3v) is 2.15. The molecule has 76 valence electrons. The Balaban J connectivity index is 3.39. The van der Waals surface area contributed by atoms with Crippen LogP contribution in [0.1, 0.15) is 22.8 Å². The average Bonchev–Trinajstić information content (AvgIpc) is 2.16. The molecule has 14 heavy (non-hydrogen) atoms. The average molecular weight is 215 g/mol. The van der Waals surface area contributed by atoms with Crippen molar-refractivity contribution in [2.45, 2.75) is 13.5 Å². The van der Waals surface area contributed by atoms with Crippen LogP contribution in [0.3, 0.4) is 0 Å². The van der Waals surface area contributed by atoms with Crippen molar-refractivity contribution in [1.29, 1.82) is 0 Å². The van der Waals surface area contributed by atoms with Gasteiger partial charge in [-0.3, -0.25) is 4.79 Å². The fourth-order valence-electron chi connectivity index (χ4n) is 1.27. The lowest BCUT2D eigenvalue weighted by atomic mass is 10.0. The van der Waals surface area contributed by atoms with E-state index in [-0.39, 0.29) is 12.4 Å². The number of halogens is 1. The summed E-state index contributed by atoms with van der Waals surface area (Å²) in [5.74, 6) is 0.292. The van der Waals surface area contributed by atoms with Crippen molar-refractivity contribution in [1.82, 2.24) is 0 Å². The van der Waals surface area contributed by atoms with Gasteiger partial charge in [-0.15, -0.1) is 0 Å². The van der Waals surface area contributed by atoms with Crippen molar-refractivity contribution in [3.8, 4) is 5.75 Å². The number of hydrogen-bond donors (Lipinski definition) is 1. The second kappa shape index (κ2) is 4.44. The monoisotopic (exact) mass is 214 g/mol. The van der Waals surface area contributed by atoms with Crippen molar-refractivity contribution in [3.05, 3.63) is 28.3 Å². The molecule has 0 unspecified atom stereocenters. The summed E-state index contributed by atoms with van der Waals surface area (Å²) in [5.41, 5.74) is 0.876. The Labute approximate surface area is 87.3 Å². The molecule has 3 nitrogen and oxygen atoms in total. The number of hydrogen-bond acceptors (Lipinski definition) is 3. The first-order valence-corrected chi connectivity index (χ1v) is 4.46. The van der Waals surface area contributed by atoms with E-state index in [1.807, 2.05) is 0 Å². The normalized spacial score (nSPS) is 10.0. The van der Waals surface area contributed by atoms with Crippen molar-refractivity contribution in [2.75, 3.05) is 7.11 Å². The maximum absolute atomic E-state index is 11.2. The van der Waals surface area contributed by atoms with E-state index in [1.54, 1.807) is 6.07 Å². The number of rotatable bonds is 3. The van der Waals surface area contributed by atoms with Gasteiger partial charge >= 0.3 is 0 Å². The summed E-state index contributed by atoms with van der Waals surface area (Å²) in [5, 5.41) is 9.52. The Bertz CT molecular complexity index is 361. The van der Waals surface area contributed by atoms with Crippen LogP contribution in [0.4, 0.5) is 0 Å². The molecule has 0 radical (unpaired) electrons. The van der Waals surface area contributed by atoms with Gasteiger partial charge in [-0.2, -0.15) is 0 Å². The van der Waals surface area contributed by atoms with Crippen molar-refractivity contribution < 1.29 is 14.6 Å². The van der Waals surface area contributed by atoms with Crippen molar-refractivity contribution in [3.63, 3.8) is 0 Å². The Hall–Kier alpha value is -1.06. The molecule has 0 aliphatic carbocycles. The van der Waals surface area contributed by atoms with Gasteiger partial charge in [-0.1, -0.05) is 11.6 Å². The SMILES string of the molecule is COc1cc(Cl)cc(C(C)=O)c1CO. The molecule has 0 aliphatic rings. The summed E-state index contributed by atoms with van der Waals surface area (Å²) in [7, 11) is 1.47. The molecule has 0 amide bonds. The summed E-state index contributed by atoms with van der Waals surface area (Å²) in [4.78, 5) is 11.2. The second-order valence-corrected chi connectivity index (χ2v) is 3.28. The maximum atomic E-state index is 11.2. The van der Waals surface area contributed by atoms with Crippen molar-refractivity contribution in [2.24, 2.45) is 0 Å². The van der Waals surface area contributed by atoms with Gasteiger partial charge in [0.15, 0.2) is 5.78 Å². The molecule has 0 bridgehead atoms. The fraction of sp³-hybridized carbons (Fsp3) is 0.300. The van der Waals surface area contributed by atoms with E-state index in [2.05, 4.69) is 0 Å². The molecule has 4 heteroatoms. The topological polar surface area (TPSA) is 46.5 Å².